The highest BCUT2D eigenvalue weighted by atomic mass is 32.1. The van der Waals surface area contributed by atoms with Crippen LogP contribution < -0.4 is 0 Å². The average molecular weight is 386 g/mol. The molecule has 6 heteroatoms. The lowest BCUT2D eigenvalue weighted by Crippen LogP contribution is -2.26. The third-order valence-electron chi connectivity index (χ3n) is 5.05. The Kier molecular flexibility index (Phi) is 4.13. The predicted molar refractivity (Wildman–Crippen MR) is 110 cm³/mol. The van der Waals surface area contributed by atoms with Gasteiger partial charge in [0.2, 0.25) is 0 Å². The second-order valence-electron chi connectivity index (χ2n) is 6.90. The van der Waals surface area contributed by atoms with Gasteiger partial charge in [-0.25, -0.2) is 4.98 Å². The van der Waals surface area contributed by atoms with Gasteiger partial charge in [-0.1, -0.05) is 24.3 Å². The standard InChI is InChI=1S/C22H18N4OS/c1-14-24-12-20(28-14)17-8-10-23-19-13-26(22(27)21(17)19)11-9-16-7-6-15-4-2-3-5-18(15)25-16/h2-8,10,12H,9,11,13H2,1H3. The molecular weight excluding hydrogens is 368 g/mol. The van der Waals surface area contributed by atoms with Crippen molar-refractivity contribution in [3.05, 3.63) is 76.8 Å². The molecule has 4 aromatic rings. The molecule has 0 atom stereocenters. The highest BCUT2D eigenvalue weighted by Gasteiger charge is 2.31. The number of aryl methyl sites for hydroxylation is 1. The van der Waals surface area contributed by atoms with Gasteiger partial charge in [0, 0.05) is 42.0 Å². The number of thiazole rings is 1. The summed E-state index contributed by atoms with van der Waals surface area (Å²) in [6, 6.07) is 14.1. The van der Waals surface area contributed by atoms with Crippen LogP contribution in [0.1, 0.15) is 26.8 Å². The third-order valence-corrected chi connectivity index (χ3v) is 6.00. The number of aromatic nitrogens is 3. The summed E-state index contributed by atoms with van der Waals surface area (Å²) in [5, 5.41) is 2.12. The molecule has 1 aliphatic heterocycles. The molecule has 0 N–H and O–H groups in total. The first-order chi connectivity index (χ1) is 13.7. The van der Waals surface area contributed by atoms with Gasteiger partial charge in [-0.15, -0.1) is 11.3 Å². The number of benzene rings is 1. The van der Waals surface area contributed by atoms with Crippen LogP contribution in [0.15, 0.2) is 54.9 Å². The van der Waals surface area contributed by atoms with Crippen LogP contribution in [-0.4, -0.2) is 32.3 Å². The predicted octanol–water partition coefficient (Wildman–Crippen LogP) is 4.26. The first-order valence-corrected chi connectivity index (χ1v) is 10.1. The summed E-state index contributed by atoms with van der Waals surface area (Å²) in [5.74, 6) is 0.0462. The van der Waals surface area contributed by atoms with E-state index in [9.17, 15) is 4.79 Å². The molecule has 4 heterocycles. The Hall–Kier alpha value is -3.12. The maximum atomic E-state index is 13.1. The molecule has 0 spiro atoms. The van der Waals surface area contributed by atoms with E-state index in [1.165, 1.54) is 0 Å². The van der Waals surface area contributed by atoms with Crippen molar-refractivity contribution in [2.45, 2.75) is 19.9 Å². The van der Waals surface area contributed by atoms with Crippen molar-refractivity contribution in [2.75, 3.05) is 6.54 Å². The number of nitrogens with zero attached hydrogens (tertiary/aromatic N) is 4. The fourth-order valence-corrected chi connectivity index (χ4v) is 4.45. The second-order valence-corrected chi connectivity index (χ2v) is 8.13. The minimum atomic E-state index is 0.0462. The smallest absolute Gasteiger partial charge is 0.256 e. The molecule has 0 saturated carbocycles. The van der Waals surface area contributed by atoms with E-state index in [-0.39, 0.29) is 5.91 Å². The largest absolute Gasteiger partial charge is 0.332 e. The molecule has 0 radical (unpaired) electrons. The third kappa shape index (κ3) is 2.96. The normalized spacial score (nSPS) is 13.3. The molecule has 0 saturated heterocycles. The van der Waals surface area contributed by atoms with E-state index in [2.05, 4.69) is 22.1 Å². The summed E-state index contributed by atoms with van der Waals surface area (Å²) in [5.41, 5.74) is 4.49. The lowest BCUT2D eigenvalue weighted by molar-refractivity contribution is 0.0780. The molecule has 1 aromatic carbocycles. The highest BCUT2D eigenvalue weighted by molar-refractivity contribution is 7.15. The van der Waals surface area contributed by atoms with E-state index >= 15 is 0 Å². The van der Waals surface area contributed by atoms with Crippen molar-refractivity contribution in [3.63, 3.8) is 0 Å². The van der Waals surface area contributed by atoms with Crippen LogP contribution in [-0.2, 0) is 13.0 Å². The quantitative estimate of drug-likeness (QED) is 0.526. The van der Waals surface area contributed by atoms with E-state index in [0.717, 1.165) is 49.7 Å². The first kappa shape index (κ1) is 17.0. The fourth-order valence-electron chi connectivity index (χ4n) is 3.64. The number of carbonyl (C=O) groups excluding carboxylic acids is 1. The summed E-state index contributed by atoms with van der Waals surface area (Å²) in [6.07, 6.45) is 4.34. The first-order valence-electron chi connectivity index (χ1n) is 9.24. The van der Waals surface area contributed by atoms with Crippen LogP contribution >= 0.6 is 11.3 Å². The van der Waals surface area contributed by atoms with Crippen LogP contribution in [0.2, 0.25) is 0 Å². The van der Waals surface area contributed by atoms with Crippen LogP contribution in [0, 0.1) is 6.92 Å². The van der Waals surface area contributed by atoms with Gasteiger partial charge >= 0.3 is 0 Å². The number of amides is 1. The van der Waals surface area contributed by atoms with Gasteiger partial charge in [-0.3, -0.25) is 14.8 Å². The summed E-state index contributed by atoms with van der Waals surface area (Å²) < 4.78 is 0. The van der Waals surface area contributed by atoms with E-state index in [1.54, 1.807) is 17.5 Å². The topological polar surface area (TPSA) is 59.0 Å². The molecule has 138 valence electrons. The number of pyridine rings is 2. The Morgan fingerprint density at radius 2 is 2.00 bits per heavy atom. The van der Waals surface area contributed by atoms with Crippen LogP contribution in [0.4, 0.5) is 0 Å². The Morgan fingerprint density at radius 1 is 1.11 bits per heavy atom. The molecule has 1 amide bonds. The SMILES string of the molecule is Cc1ncc(-c2ccnc3c2C(=O)N(CCc2ccc4ccccc4n2)C3)s1. The minimum Gasteiger partial charge on any atom is -0.332 e. The van der Waals surface area contributed by atoms with Crippen LogP contribution in [0.3, 0.4) is 0 Å². The van der Waals surface area contributed by atoms with Crippen LogP contribution in [0.5, 0.6) is 0 Å². The minimum absolute atomic E-state index is 0.0462. The molecule has 0 aliphatic carbocycles. The zero-order chi connectivity index (χ0) is 19.1. The molecule has 3 aromatic heterocycles. The van der Waals surface area contributed by atoms with Crippen molar-refractivity contribution < 1.29 is 4.79 Å². The van der Waals surface area contributed by atoms with Crippen molar-refractivity contribution in [3.8, 4) is 10.4 Å². The fraction of sp³-hybridized carbons (Fsp3) is 0.182. The van der Waals surface area contributed by atoms with E-state index in [1.807, 2.05) is 48.4 Å². The van der Waals surface area contributed by atoms with Crippen molar-refractivity contribution in [1.29, 1.82) is 0 Å². The summed E-state index contributed by atoms with van der Waals surface area (Å²) in [6.45, 7) is 3.15. The van der Waals surface area contributed by atoms with Gasteiger partial charge in [0.1, 0.15) is 0 Å². The Balaban J connectivity index is 1.37. The van der Waals surface area contributed by atoms with Gasteiger partial charge in [-0.2, -0.15) is 0 Å². The van der Waals surface area contributed by atoms with E-state index in [4.69, 9.17) is 4.98 Å². The Bertz CT molecular complexity index is 1200. The number of fused-ring (bicyclic) bond motifs is 2. The molecular formula is C22H18N4OS. The van der Waals surface area contributed by atoms with Gasteiger partial charge in [0.15, 0.2) is 0 Å². The van der Waals surface area contributed by atoms with Gasteiger partial charge in [-0.05, 0) is 25.1 Å². The second kappa shape index (κ2) is 6.80. The average Bonchev–Trinajstić information content (AvgIpc) is 3.29. The Morgan fingerprint density at radius 3 is 2.86 bits per heavy atom. The maximum Gasteiger partial charge on any atom is 0.256 e. The summed E-state index contributed by atoms with van der Waals surface area (Å²) in [7, 11) is 0. The monoisotopic (exact) mass is 386 g/mol. The molecule has 0 bridgehead atoms. The Labute approximate surface area is 166 Å². The molecule has 0 unspecified atom stereocenters. The van der Waals surface area contributed by atoms with Gasteiger partial charge < -0.3 is 4.90 Å². The summed E-state index contributed by atoms with van der Waals surface area (Å²) >= 11 is 1.60. The number of carbonyl (C=O) groups is 1. The zero-order valence-electron chi connectivity index (χ0n) is 15.4. The van der Waals surface area contributed by atoms with Crippen molar-refractivity contribution >= 4 is 28.1 Å². The lowest BCUT2D eigenvalue weighted by Gasteiger charge is -2.15. The highest BCUT2D eigenvalue weighted by Crippen LogP contribution is 2.34. The van der Waals surface area contributed by atoms with Gasteiger partial charge in [0.25, 0.3) is 5.91 Å². The zero-order valence-corrected chi connectivity index (χ0v) is 16.2. The lowest BCUT2D eigenvalue weighted by atomic mass is 10.1. The number of hydrogen-bond acceptors (Lipinski definition) is 5. The van der Waals surface area contributed by atoms with Crippen molar-refractivity contribution in [1.82, 2.24) is 19.9 Å². The van der Waals surface area contributed by atoms with Crippen molar-refractivity contribution in [2.24, 2.45) is 0 Å². The molecule has 1 aliphatic rings. The number of hydrogen-bond donors (Lipinski definition) is 0. The number of rotatable bonds is 4. The van der Waals surface area contributed by atoms with E-state index < -0.39 is 0 Å². The van der Waals surface area contributed by atoms with Crippen LogP contribution in [0.25, 0.3) is 21.3 Å². The van der Waals surface area contributed by atoms with Gasteiger partial charge in [0.05, 0.1) is 33.2 Å². The molecule has 5 rings (SSSR count). The summed E-state index contributed by atoms with van der Waals surface area (Å²) in [4.78, 5) is 29.5. The van der Waals surface area contributed by atoms with E-state index in [0.29, 0.717) is 13.1 Å². The number of para-hydroxylation sites is 1. The molecule has 28 heavy (non-hydrogen) atoms. The molecule has 5 nitrogen and oxygen atoms in total. The maximum absolute atomic E-state index is 13.1. The molecule has 0 fully saturated rings.